The molecular weight excluding hydrogens is 334 g/mol. The smallest absolute Gasteiger partial charge is 0.305 e. The molecule has 0 heterocycles. The number of carboxylic acid groups (broad SMARTS) is 1. The van der Waals surface area contributed by atoms with E-state index in [9.17, 15) is 9.59 Å². The maximum atomic E-state index is 12.2. The Hall–Kier alpha value is -1.36. The fourth-order valence-electron chi connectivity index (χ4n) is 2.28. The second-order valence-electron chi connectivity index (χ2n) is 5.37. The first-order chi connectivity index (χ1) is 9.81. The number of aliphatic carboxylic acids is 1. The zero-order valence-corrected chi connectivity index (χ0v) is 14.3. The number of benzene rings is 1. The minimum atomic E-state index is -0.892. The Bertz CT molecular complexity index is 524. The van der Waals surface area contributed by atoms with E-state index < -0.39 is 11.5 Å². The van der Waals surface area contributed by atoms with E-state index >= 15 is 0 Å². The van der Waals surface area contributed by atoms with E-state index in [1.165, 1.54) is 0 Å². The summed E-state index contributed by atoms with van der Waals surface area (Å²) in [5.74, 6) is -1.03. The standard InChI is InChI=1S/C16H22BrNO3/c1-4-16(5-2,10-15(20)21)18-14(19)9-12-7-6-11(3)13(17)8-12/h6-8H,4-5,9-10H2,1-3H3,(H,18,19)(H,20,21). The van der Waals surface area contributed by atoms with E-state index in [2.05, 4.69) is 21.2 Å². The van der Waals surface area contributed by atoms with Gasteiger partial charge in [-0.25, -0.2) is 0 Å². The van der Waals surface area contributed by atoms with Crippen LogP contribution in [-0.2, 0) is 16.0 Å². The molecule has 1 aromatic carbocycles. The molecular formula is C16H22BrNO3. The molecule has 0 aliphatic rings. The van der Waals surface area contributed by atoms with Crippen molar-refractivity contribution < 1.29 is 14.7 Å². The van der Waals surface area contributed by atoms with E-state index in [4.69, 9.17) is 5.11 Å². The fraction of sp³-hybridized carbons (Fsp3) is 0.500. The SMILES string of the molecule is CCC(CC)(CC(=O)O)NC(=O)Cc1ccc(C)c(Br)c1. The summed E-state index contributed by atoms with van der Waals surface area (Å²) in [6.07, 6.45) is 1.39. The van der Waals surface area contributed by atoms with Crippen LogP contribution in [0.15, 0.2) is 22.7 Å². The average molecular weight is 356 g/mol. The highest BCUT2D eigenvalue weighted by Crippen LogP contribution is 2.21. The molecule has 0 radical (unpaired) electrons. The number of carbonyl (C=O) groups excluding carboxylic acids is 1. The van der Waals surface area contributed by atoms with Gasteiger partial charge in [0.05, 0.1) is 12.8 Å². The van der Waals surface area contributed by atoms with Crippen LogP contribution < -0.4 is 5.32 Å². The van der Waals surface area contributed by atoms with E-state index in [0.717, 1.165) is 15.6 Å². The topological polar surface area (TPSA) is 66.4 Å². The summed E-state index contributed by atoms with van der Waals surface area (Å²) in [6, 6.07) is 5.79. The van der Waals surface area contributed by atoms with Crippen molar-refractivity contribution in [2.75, 3.05) is 0 Å². The molecule has 0 atom stereocenters. The molecule has 0 aliphatic carbocycles. The molecule has 4 nitrogen and oxygen atoms in total. The third-order valence-electron chi connectivity index (χ3n) is 3.85. The molecule has 0 aliphatic heterocycles. The highest BCUT2D eigenvalue weighted by Gasteiger charge is 2.30. The van der Waals surface area contributed by atoms with Crippen LogP contribution in [0.1, 0.15) is 44.2 Å². The lowest BCUT2D eigenvalue weighted by atomic mass is 9.88. The van der Waals surface area contributed by atoms with Crippen molar-refractivity contribution in [1.82, 2.24) is 5.32 Å². The number of rotatable bonds is 7. The van der Waals surface area contributed by atoms with E-state index in [-0.39, 0.29) is 18.7 Å². The number of halogens is 1. The Balaban J connectivity index is 2.78. The van der Waals surface area contributed by atoms with E-state index in [1.807, 2.05) is 39.0 Å². The van der Waals surface area contributed by atoms with Crippen molar-refractivity contribution in [2.24, 2.45) is 0 Å². The highest BCUT2D eigenvalue weighted by molar-refractivity contribution is 9.10. The summed E-state index contributed by atoms with van der Waals surface area (Å²) in [5.41, 5.74) is 1.35. The second-order valence-corrected chi connectivity index (χ2v) is 6.22. The minimum absolute atomic E-state index is 0.0522. The fourth-order valence-corrected chi connectivity index (χ4v) is 2.71. The van der Waals surface area contributed by atoms with Crippen LogP contribution in [0.2, 0.25) is 0 Å². The largest absolute Gasteiger partial charge is 0.481 e. The van der Waals surface area contributed by atoms with Gasteiger partial charge in [0.25, 0.3) is 0 Å². The van der Waals surface area contributed by atoms with Crippen LogP contribution in [0, 0.1) is 6.92 Å². The molecule has 0 saturated heterocycles. The first-order valence-electron chi connectivity index (χ1n) is 7.09. The van der Waals surface area contributed by atoms with Crippen LogP contribution in [0.4, 0.5) is 0 Å². The minimum Gasteiger partial charge on any atom is -0.481 e. The molecule has 1 amide bonds. The lowest BCUT2D eigenvalue weighted by Gasteiger charge is -2.31. The third kappa shape index (κ3) is 5.16. The van der Waals surface area contributed by atoms with Crippen LogP contribution >= 0.6 is 15.9 Å². The number of aryl methyl sites for hydroxylation is 1. The maximum Gasteiger partial charge on any atom is 0.305 e. The number of amides is 1. The molecule has 0 fully saturated rings. The summed E-state index contributed by atoms with van der Waals surface area (Å²) in [4.78, 5) is 23.2. The maximum absolute atomic E-state index is 12.2. The van der Waals surface area contributed by atoms with Crippen LogP contribution in [0.25, 0.3) is 0 Å². The first kappa shape index (κ1) is 17.7. The van der Waals surface area contributed by atoms with Crippen LogP contribution in [0.5, 0.6) is 0 Å². The number of carboxylic acids is 1. The second kappa shape index (κ2) is 7.59. The summed E-state index contributed by atoms with van der Waals surface area (Å²) >= 11 is 3.45. The lowest BCUT2D eigenvalue weighted by molar-refractivity contribution is -0.139. The van der Waals surface area contributed by atoms with Crippen molar-refractivity contribution in [2.45, 2.75) is 52.0 Å². The number of hydrogen-bond acceptors (Lipinski definition) is 2. The molecule has 0 spiro atoms. The predicted octanol–water partition coefficient (Wildman–Crippen LogP) is 3.45. The number of hydrogen-bond donors (Lipinski definition) is 2. The van der Waals surface area contributed by atoms with E-state index in [0.29, 0.717) is 12.8 Å². The first-order valence-corrected chi connectivity index (χ1v) is 7.89. The molecule has 1 aromatic rings. The van der Waals surface area contributed by atoms with Crippen molar-refractivity contribution >= 4 is 27.8 Å². The van der Waals surface area contributed by atoms with Crippen molar-refractivity contribution in [3.8, 4) is 0 Å². The lowest BCUT2D eigenvalue weighted by Crippen LogP contribution is -2.49. The molecule has 2 N–H and O–H groups in total. The summed E-state index contributed by atoms with van der Waals surface area (Å²) in [7, 11) is 0. The van der Waals surface area contributed by atoms with E-state index in [1.54, 1.807) is 0 Å². The molecule has 21 heavy (non-hydrogen) atoms. The van der Waals surface area contributed by atoms with Crippen LogP contribution in [-0.4, -0.2) is 22.5 Å². The quantitative estimate of drug-likeness (QED) is 0.786. The zero-order chi connectivity index (χ0) is 16.0. The van der Waals surface area contributed by atoms with Gasteiger partial charge < -0.3 is 10.4 Å². The molecule has 1 rings (SSSR count). The summed E-state index contributed by atoms with van der Waals surface area (Å²) in [6.45, 7) is 5.78. The van der Waals surface area contributed by atoms with Gasteiger partial charge in [0.1, 0.15) is 0 Å². The van der Waals surface area contributed by atoms with Crippen molar-refractivity contribution in [3.05, 3.63) is 33.8 Å². The highest BCUT2D eigenvalue weighted by atomic mass is 79.9. The molecule has 116 valence electrons. The Morgan fingerprint density at radius 3 is 2.38 bits per heavy atom. The number of carbonyl (C=O) groups is 2. The average Bonchev–Trinajstić information content (AvgIpc) is 2.41. The molecule has 5 heteroatoms. The van der Waals surface area contributed by atoms with Gasteiger partial charge in [-0.15, -0.1) is 0 Å². The van der Waals surface area contributed by atoms with Gasteiger partial charge in [0.15, 0.2) is 0 Å². The monoisotopic (exact) mass is 355 g/mol. The Morgan fingerprint density at radius 2 is 1.90 bits per heavy atom. The van der Waals surface area contributed by atoms with Crippen molar-refractivity contribution in [3.63, 3.8) is 0 Å². The molecule has 0 unspecified atom stereocenters. The predicted molar refractivity (Wildman–Crippen MR) is 86.3 cm³/mol. The van der Waals surface area contributed by atoms with Gasteiger partial charge in [-0.05, 0) is 37.0 Å². The van der Waals surface area contributed by atoms with Crippen LogP contribution in [0.3, 0.4) is 0 Å². The van der Waals surface area contributed by atoms with Gasteiger partial charge in [-0.3, -0.25) is 9.59 Å². The van der Waals surface area contributed by atoms with Crippen molar-refractivity contribution in [1.29, 1.82) is 0 Å². The Kier molecular flexibility index (Phi) is 6.40. The number of nitrogens with one attached hydrogen (secondary N) is 1. The normalized spacial score (nSPS) is 11.2. The molecule has 0 bridgehead atoms. The summed E-state index contributed by atoms with van der Waals surface area (Å²) in [5, 5.41) is 11.9. The van der Waals surface area contributed by atoms with Gasteiger partial charge in [0.2, 0.25) is 5.91 Å². The van der Waals surface area contributed by atoms with Gasteiger partial charge in [-0.1, -0.05) is 41.9 Å². The van der Waals surface area contributed by atoms with Gasteiger partial charge >= 0.3 is 5.97 Å². The Labute approximate surface area is 134 Å². The molecule has 0 aromatic heterocycles. The third-order valence-corrected chi connectivity index (χ3v) is 4.70. The summed E-state index contributed by atoms with van der Waals surface area (Å²) < 4.78 is 0.968. The van der Waals surface area contributed by atoms with Gasteiger partial charge in [0, 0.05) is 10.0 Å². The van der Waals surface area contributed by atoms with Gasteiger partial charge in [-0.2, -0.15) is 0 Å². The zero-order valence-electron chi connectivity index (χ0n) is 12.7. The Morgan fingerprint density at radius 1 is 1.29 bits per heavy atom. The molecule has 0 saturated carbocycles.